The van der Waals surface area contributed by atoms with Crippen molar-refractivity contribution in [3.05, 3.63) is 23.3 Å². The SMILES string of the molecule is COC(=O)C=CC(=O)OCCn1c(O)c(C)c(C)c1O. The van der Waals surface area contributed by atoms with E-state index in [1.165, 1.54) is 11.7 Å². The molecule has 20 heavy (non-hydrogen) atoms. The molecule has 0 aliphatic heterocycles. The molecule has 0 unspecified atom stereocenters. The van der Waals surface area contributed by atoms with Gasteiger partial charge in [-0.3, -0.25) is 4.57 Å². The number of carbonyl (C=O) groups is 2. The number of hydrogen-bond acceptors (Lipinski definition) is 6. The number of ether oxygens (including phenoxy) is 2. The van der Waals surface area contributed by atoms with Gasteiger partial charge in [0.2, 0.25) is 0 Å². The van der Waals surface area contributed by atoms with Crippen LogP contribution in [0.4, 0.5) is 0 Å². The van der Waals surface area contributed by atoms with E-state index in [9.17, 15) is 19.8 Å². The smallest absolute Gasteiger partial charge is 0.331 e. The molecule has 1 aromatic heterocycles. The molecule has 0 amide bonds. The zero-order valence-electron chi connectivity index (χ0n) is 11.5. The molecule has 1 rings (SSSR count). The lowest BCUT2D eigenvalue weighted by Crippen LogP contribution is -2.09. The maximum atomic E-state index is 11.2. The van der Waals surface area contributed by atoms with Crippen molar-refractivity contribution in [3.8, 4) is 11.8 Å². The van der Waals surface area contributed by atoms with E-state index in [2.05, 4.69) is 4.74 Å². The van der Waals surface area contributed by atoms with Crippen LogP contribution in [0.1, 0.15) is 11.1 Å². The largest absolute Gasteiger partial charge is 0.494 e. The average molecular weight is 283 g/mol. The maximum absolute atomic E-state index is 11.2. The minimum atomic E-state index is -0.713. The second-order valence-corrected chi connectivity index (χ2v) is 4.07. The Kier molecular flexibility index (Phi) is 5.19. The van der Waals surface area contributed by atoms with Gasteiger partial charge in [-0.05, 0) is 13.8 Å². The van der Waals surface area contributed by atoms with Crippen molar-refractivity contribution in [2.75, 3.05) is 13.7 Å². The molecule has 0 bridgehead atoms. The third-order valence-electron chi connectivity index (χ3n) is 2.86. The molecule has 0 aliphatic rings. The van der Waals surface area contributed by atoms with E-state index >= 15 is 0 Å². The molecule has 0 radical (unpaired) electrons. The van der Waals surface area contributed by atoms with E-state index < -0.39 is 11.9 Å². The van der Waals surface area contributed by atoms with Gasteiger partial charge in [0, 0.05) is 23.3 Å². The lowest BCUT2D eigenvalue weighted by molar-refractivity contribution is -0.139. The number of aromatic nitrogens is 1. The number of hydrogen-bond donors (Lipinski definition) is 2. The Bertz CT molecular complexity index is 518. The van der Waals surface area contributed by atoms with Gasteiger partial charge in [-0.2, -0.15) is 0 Å². The predicted molar refractivity (Wildman–Crippen MR) is 69.4 cm³/mol. The van der Waals surface area contributed by atoms with Crippen LogP contribution >= 0.6 is 0 Å². The summed E-state index contributed by atoms with van der Waals surface area (Å²) in [6.07, 6.45) is 1.89. The van der Waals surface area contributed by atoms with Crippen LogP contribution in [-0.4, -0.2) is 40.4 Å². The van der Waals surface area contributed by atoms with Crippen molar-refractivity contribution in [2.45, 2.75) is 20.4 Å². The molecule has 0 spiro atoms. The standard InChI is InChI=1S/C13H17NO6/c1-8-9(2)13(18)14(12(8)17)6-7-20-11(16)5-4-10(15)19-3/h4-5,17-18H,6-7H2,1-3H3. The lowest BCUT2D eigenvalue weighted by atomic mass is 10.2. The normalized spacial score (nSPS) is 10.8. The first-order valence-electron chi connectivity index (χ1n) is 5.88. The van der Waals surface area contributed by atoms with Gasteiger partial charge in [-0.25, -0.2) is 9.59 Å². The topological polar surface area (TPSA) is 98.0 Å². The van der Waals surface area contributed by atoms with Crippen molar-refractivity contribution in [2.24, 2.45) is 0 Å². The molecule has 2 N–H and O–H groups in total. The van der Waals surface area contributed by atoms with E-state index in [0.29, 0.717) is 11.1 Å². The highest BCUT2D eigenvalue weighted by Gasteiger charge is 2.15. The van der Waals surface area contributed by atoms with Crippen molar-refractivity contribution < 1.29 is 29.3 Å². The van der Waals surface area contributed by atoms with Crippen LogP contribution in [0.25, 0.3) is 0 Å². The van der Waals surface area contributed by atoms with Crippen LogP contribution in [0.2, 0.25) is 0 Å². The van der Waals surface area contributed by atoms with E-state index in [1.807, 2.05) is 0 Å². The summed E-state index contributed by atoms with van der Waals surface area (Å²) in [4.78, 5) is 22.0. The molecule has 110 valence electrons. The summed E-state index contributed by atoms with van der Waals surface area (Å²) in [5.74, 6) is -1.51. The Morgan fingerprint density at radius 2 is 1.60 bits per heavy atom. The number of nitrogens with zero attached hydrogens (tertiary/aromatic N) is 1. The Morgan fingerprint density at radius 1 is 1.10 bits per heavy atom. The van der Waals surface area contributed by atoms with Gasteiger partial charge < -0.3 is 19.7 Å². The first-order valence-corrected chi connectivity index (χ1v) is 5.88. The zero-order valence-corrected chi connectivity index (χ0v) is 11.5. The van der Waals surface area contributed by atoms with Crippen molar-refractivity contribution in [1.29, 1.82) is 0 Å². The number of rotatable bonds is 5. The Balaban J connectivity index is 2.54. The highest BCUT2D eigenvalue weighted by atomic mass is 16.5. The van der Waals surface area contributed by atoms with Gasteiger partial charge in [0.25, 0.3) is 0 Å². The Labute approximate surface area is 116 Å². The van der Waals surface area contributed by atoms with Crippen LogP contribution in [0.5, 0.6) is 11.8 Å². The summed E-state index contributed by atoms with van der Waals surface area (Å²) in [7, 11) is 1.19. The molecule has 0 atom stereocenters. The summed E-state index contributed by atoms with van der Waals surface area (Å²) in [5, 5.41) is 19.5. The lowest BCUT2D eigenvalue weighted by Gasteiger charge is -2.07. The second-order valence-electron chi connectivity index (χ2n) is 4.07. The Hall–Kier alpha value is -2.44. The van der Waals surface area contributed by atoms with Gasteiger partial charge in [0.1, 0.15) is 6.61 Å². The second kappa shape index (κ2) is 6.65. The first kappa shape index (κ1) is 15.6. The van der Waals surface area contributed by atoms with Crippen molar-refractivity contribution >= 4 is 11.9 Å². The number of esters is 2. The van der Waals surface area contributed by atoms with Gasteiger partial charge in [0.05, 0.1) is 13.7 Å². The number of carbonyl (C=O) groups excluding carboxylic acids is 2. The molecule has 7 heteroatoms. The summed E-state index contributed by atoms with van der Waals surface area (Å²) < 4.78 is 10.4. The summed E-state index contributed by atoms with van der Waals surface area (Å²) in [6, 6.07) is 0. The van der Waals surface area contributed by atoms with E-state index in [0.717, 1.165) is 12.2 Å². The molecule has 1 aromatic rings. The fraction of sp³-hybridized carbons (Fsp3) is 0.385. The first-order chi connectivity index (χ1) is 9.38. The fourth-order valence-corrected chi connectivity index (χ4v) is 1.54. The quantitative estimate of drug-likeness (QED) is 0.612. The molecule has 1 heterocycles. The fourth-order valence-electron chi connectivity index (χ4n) is 1.54. The molecule has 0 fully saturated rings. The zero-order chi connectivity index (χ0) is 15.3. The van der Waals surface area contributed by atoms with Gasteiger partial charge in [0.15, 0.2) is 11.8 Å². The van der Waals surface area contributed by atoms with Crippen LogP contribution in [0.15, 0.2) is 12.2 Å². The molecule has 0 saturated heterocycles. The van der Waals surface area contributed by atoms with E-state index in [1.54, 1.807) is 13.8 Å². The average Bonchev–Trinajstić information content (AvgIpc) is 2.62. The molecule has 0 aliphatic carbocycles. The summed E-state index contributed by atoms with van der Waals surface area (Å²) in [5.41, 5.74) is 1.14. The number of methoxy groups -OCH3 is 1. The molecular formula is C13H17NO6. The molecule has 0 aromatic carbocycles. The number of aromatic hydroxyl groups is 2. The minimum Gasteiger partial charge on any atom is -0.494 e. The van der Waals surface area contributed by atoms with Crippen molar-refractivity contribution in [1.82, 2.24) is 4.57 Å². The maximum Gasteiger partial charge on any atom is 0.331 e. The van der Waals surface area contributed by atoms with Crippen molar-refractivity contribution in [3.63, 3.8) is 0 Å². The van der Waals surface area contributed by atoms with Crippen LogP contribution in [0, 0.1) is 13.8 Å². The molecular weight excluding hydrogens is 266 g/mol. The van der Waals surface area contributed by atoms with Crippen LogP contribution < -0.4 is 0 Å². The summed E-state index contributed by atoms with van der Waals surface area (Å²) >= 11 is 0. The van der Waals surface area contributed by atoms with Crippen LogP contribution in [0.3, 0.4) is 0 Å². The molecule has 0 saturated carbocycles. The van der Waals surface area contributed by atoms with Gasteiger partial charge >= 0.3 is 11.9 Å². The van der Waals surface area contributed by atoms with Gasteiger partial charge in [-0.15, -0.1) is 0 Å². The van der Waals surface area contributed by atoms with Gasteiger partial charge in [-0.1, -0.05) is 0 Å². The Morgan fingerprint density at radius 3 is 2.10 bits per heavy atom. The van der Waals surface area contributed by atoms with E-state index in [4.69, 9.17) is 4.74 Å². The highest BCUT2D eigenvalue weighted by molar-refractivity contribution is 5.91. The van der Waals surface area contributed by atoms with E-state index in [-0.39, 0.29) is 24.9 Å². The molecule has 7 nitrogen and oxygen atoms in total. The van der Waals surface area contributed by atoms with Crippen LogP contribution in [-0.2, 0) is 25.6 Å². The highest BCUT2D eigenvalue weighted by Crippen LogP contribution is 2.31. The predicted octanol–water partition coefficient (Wildman–Crippen LogP) is 0.789. The minimum absolute atomic E-state index is 0.0565. The monoisotopic (exact) mass is 283 g/mol. The summed E-state index contributed by atoms with van der Waals surface area (Å²) in [6.45, 7) is 3.39. The third kappa shape index (κ3) is 3.53. The third-order valence-corrected chi connectivity index (χ3v) is 2.86.